The smallest absolute Gasteiger partial charge is 0.291 e. The Bertz CT molecular complexity index is 1070. The van der Waals surface area contributed by atoms with E-state index in [-0.39, 0.29) is 11.7 Å². The number of halogens is 1. The third kappa shape index (κ3) is 3.39. The van der Waals surface area contributed by atoms with Gasteiger partial charge in [-0.2, -0.15) is 0 Å². The standard InChI is InChI=1S/C21H20FN5O/c1-14(2)19-13-26(25-27(19)18-10-6-4-8-16(18)22)21(28)24-20-12-11-15-7-3-5-9-17(15)23-20/h3-14,25H,1-2H3,(H,23,24,28). The lowest BCUT2D eigenvalue weighted by Gasteiger charge is -2.25. The Labute approximate surface area is 162 Å². The van der Waals surface area contributed by atoms with Crippen LogP contribution in [0.15, 0.2) is 72.6 Å². The van der Waals surface area contributed by atoms with Crippen LogP contribution in [0.25, 0.3) is 10.9 Å². The molecule has 2 N–H and O–H groups in total. The molecule has 28 heavy (non-hydrogen) atoms. The molecule has 0 unspecified atom stereocenters. The van der Waals surface area contributed by atoms with E-state index in [0.717, 1.165) is 16.6 Å². The quantitative estimate of drug-likeness (QED) is 0.698. The number of amides is 2. The zero-order valence-electron chi connectivity index (χ0n) is 15.6. The number of aromatic nitrogens is 1. The molecule has 0 spiro atoms. The minimum Gasteiger partial charge on any atom is -0.291 e. The minimum absolute atomic E-state index is 0.0729. The fourth-order valence-electron chi connectivity index (χ4n) is 3.03. The van der Waals surface area contributed by atoms with Crippen LogP contribution in [0.2, 0.25) is 0 Å². The Balaban J connectivity index is 1.56. The molecular formula is C21H20FN5O. The van der Waals surface area contributed by atoms with Crippen LogP contribution < -0.4 is 15.9 Å². The molecule has 0 aliphatic carbocycles. The Morgan fingerprint density at radius 2 is 1.82 bits per heavy atom. The lowest BCUT2D eigenvalue weighted by Crippen LogP contribution is -2.46. The third-order valence-corrected chi connectivity index (χ3v) is 4.46. The molecule has 0 fully saturated rings. The Kier molecular flexibility index (Phi) is 4.67. The molecule has 2 heterocycles. The van der Waals surface area contributed by atoms with Crippen LogP contribution in [0.3, 0.4) is 0 Å². The first-order valence-corrected chi connectivity index (χ1v) is 9.01. The Hall–Kier alpha value is -3.45. The number of hydrogen-bond acceptors (Lipinski definition) is 4. The minimum atomic E-state index is -0.417. The van der Waals surface area contributed by atoms with Gasteiger partial charge < -0.3 is 0 Å². The maximum Gasteiger partial charge on any atom is 0.343 e. The number of nitrogens with zero attached hydrogens (tertiary/aromatic N) is 3. The lowest BCUT2D eigenvalue weighted by atomic mass is 10.1. The van der Waals surface area contributed by atoms with Crippen molar-refractivity contribution < 1.29 is 9.18 Å². The van der Waals surface area contributed by atoms with Crippen molar-refractivity contribution in [1.29, 1.82) is 0 Å². The maximum absolute atomic E-state index is 14.3. The maximum atomic E-state index is 14.3. The molecule has 2 amide bonds. The second kappa shape index (κ2) is 7.28. The first-order chi connectivity index (χ1) is 13.5. The van der Waals surface area contributed by atoms with Crippen LogP contribution in [0.5, 0.6) is 0 Å². The fourth-order valence-corrected chi connectivity index (χ4v) is 3.03. The molecule has 3 aromatic rings. The van der Waals surface area contributed by atoms with Gasteiger partial charge in [-0.1, -0.05) is 44.2 Å². The van der Waals surface area contributed by atoms with Crippen LogP contribution in [0.1, 0.15) is 13.8 Å². The molecule has 2 aromatic carbocycles. The van der Waals surface area contributed by atoms with Crippen molar-refractivity contribution in [2.75, 3.05) is 10.3 Å². The number of benzene rings is 2. The number of anilines is 2. The van der Waals surface area contributed by atoms with Crippen molar-refractivity contribution in [3.63, 3.8) is 0 Å². The summed E-state index contributed by atoms with van der Waals surface area (Å²) in [6.07, 6.45) is 1.66. The van der Waals surface area contributed by atoms with Crippen molar-refractivity contribution in [3.05, 3.63) is 78.4 Å². The number of allylic oxidation sites excluding steroid dienone is 1. The number of para-hydroxylation sites is 2. The summed E-state index contributed by atoms with van der Waals surface area (Å²) in [4.78, 5) is 17.2. The zero-order valence-corrected chi connectivity index (χ0v) is 15.6. The highest BCUT2D eigenvalue weighted by molar-refractivity contribution is 5.91. The highest BCUT2D eigenvalue weighted by atomic mass is 19.1. The van der Waals surface area contributed by atoms with Gasteiger partial charge in [0.25, 0.3) is 0 Å². The van der Waals surface area contributed by atoms with Gasteiger partial charge in [0, 0.05) is 11.6 Å². The van der Waals surface area contributed by atoms with Crippen molar-refractivity contribution in [2.45, 2.75) is 13.8 Å². The van der Waals surface area contributed by atoms with Gasteiger partial charge in [-0.15, -0.1) is 5.53 Å². The summed E-state index contributed by atoms with van der Waals surface area (Å²) in [5.74, 6) is 0.137. The Morgan fingerprint density at radius 1 is 1.07 bits per heavy atom. The van der Waals surface area contributed by atoms with E-state index in [1.54, 1.807) is 35.5 Å². The molecule has 1 aliphatic heterocycles. The summed E-state index contributed by atoms with van der Waals surface area (Å²) in [5, 5.41) is 6.63. The van der Waals surface area contributed by atoms with Gasteiger partial charge in [0.2, 0.25) is 0 Å². The van der Waals surface area contributed by atoms with Gasteiger partial charge in [-0.3, -0.25) is 10.3 Å². The van der Waals surface area contributed by atoms with Crippen molar-refractivity contribution in [3.8, 4) is 0 Å². The van der Waals surface area contributed by atoms with E-state index in [1.165, 1.54) is 11.1 Å². The summed E-state index contributed by atoms with van der Waals surface area (Å²) in [6, 6.07) is 17.3. The predicted molar refractivity (Wildman–Crippen MR) is 108 cm³/mol. The van der Waals surface area contributed by atoms with Crippen LogP contribution in [0.4, 0.5) is 20.7 Å². The summed E-state index contributed by atoms with van der Waals surface area (Å²) >= 11 is 0. The molecule has 0 radical (unpaired) electrons. The van der Waals surface area contributed by atoms with Gasteiger partial charge >= 0.3 is 6.03 Å². The van der Waals surface area contributed by atoms with E-state index >= 15 is 0 Å². The van der Waals surface area contributed by atoms with E-state index in [1.807, 2.05) is 44.2 Å². The molecule has 1 aromatic heterocycles. The number of pyridine rings is 1. The monoisotopic (exact) mass is 377 g/mol. The molecule has 1 aliphatic rings. The Morgan fingerprint density at radius 3 is 2.61 bits per heavy atom. The second-order valence-electron chi connectivity index (χ2n) is 6.78. The molecule has 0 saturated carbocycles. The molecule has 4 rings (SSSR count). The number of fused-ring (bicyclic) bond motifs is 1. The first-order valence-electron chi connectivity index (χ1n) is 9.01. The van der Waals surface area contributed by atoms with Gasteiger partial charge in [0.1, 0.15) is 11.6 Å². The number of urea groups is 1. The molecule has 0 saturated heterocycles. The topological polar surface area (TPSA) is 60.5 Å². The van der Waals surface area contributed by atoms with Gasteiger partial charge in [0.05, 0.1) is 16.9 Å². The molecule has 142 valence electrons. The van der Waals surface area contributed by atoms with E-state index in [2.05, 4.69) is 15.8 Å². The predicted octanol–water partition coefficient (Wildman–Crippen LogP) is 4.65. The number of carbonyl (C=O) groups excluding carboxylic acids is 1. The molecule has 7 heteroatoms. The van der Waals surface area contributed by atoms with E-state index < -0.39 is 6.03 Å². The van der Waals surface area contributed by atoms with E-state index in [9.17, 15) is 9.18 Å². The average molecular weight is 377 g/mol. The molecule has 6 nitrogen and oxygen atoms in total. The SMILES string of the molecule is CC(C)C1=CN(C(=O)Nc2ccc3ccccc3n2)NN1c1ccccc1F. The van der Waals surface area contributed by atoms with Crippen LogP contribution in [-0.4, -0.2) is 16.0 Å². The van der Waals surface area contributed by atoms with Crippen molar-refractivity contribution >= 4 is 28.4 Å². The summed E-state index contributed by atoms with van der Waals surface area (Å²) in [6.45, 7) is 3.96. The van der Waals surface area contributed by atoms with E-state index in [0.29, 0.717) is 11.5 Å². The second-order valence-corrected chi connectivity index (χ2v) is 6.78. The highest BCUT2D eigenvalue weighted by Crippen LogP contribution is 2.28. The van der Waals surface area contributed by atoms with Gasteiger partial charge in [0.15, 0.2) is 0 Å². The third-order valence-electron chi connectivity index (χ3n) is 4.46. The number of nitrogens with one attached hydrogen (secondary N) is 2. The molecule has 0 bridgehead atoms. The number of hydrogen-bond donors (Lipinski definition) is 2. The average Bonchev–Trinajstić information content (AvgIpc) is 3.14. The number of hydrazine groups is 2. The van der Waals surface area contributed by atoms with Gasteiger partial charge in [-0.25, -0.2) is 19.2 Å². The zero-order chi connectivity index (χ0) is 19.7. The summed E-state index contributed by atoms with van der Waals surface area (Å²) < 4.78 is 14.3. The lowest BCUT2D eigenvalue weighted by molar-refractivity contribution is 0.216. The molecular weight excluding hydrogens is 357 g/mol. The number of carbonyl (C=O) groups is 1. The molecule has 0 atom stereocenters. The number of rotatable bonds is 3. The van der Waals surface area contributed by atoms with Crippen molar-refractivity contribution in [2.24, 2.45) is 5.92 Å². The normalized spacial score (nSPS) is 13.9. The van der Waals surface area contributed by atoms with Gasteiger partial charge in [-0.05, 0) is 36.2 Å². The highest BCUT2D eigenvalue weighted by Gasteiger charge is 2.29. The largest absolute Gasteiger partial charge is 0.343 e. The summed E-state index contributed by atoms with van der Waals surface area (Å²) in [5.41, 5.74) is 4.84. The van der Waals surface area contributed by atoms with Crippen LogP contribution >= 0.6 is 0 Å². The first kappa shape index (κ1) is 17.9. The fraction of sp³-hybridized carbons (Fsp3) is 0.143. The summed E-state index contributed by atoms with van der Waals surface area (Å²) in [7, 11) is 0. The van der Waals surface area contributed by atoms with Crippen molar-refractivity contribution in [1.82, 2.24) is 15.5 Å². The van der Waals surface area contributed by atoms with Crippen LogP contribution in [-0.2, 0) is 0 Å². The van der Waals surface area contributed by atoms with E-state index in [4.69, 9.17) is 0 Å². The van der Waals surface area contributed by atoms with Crippen LogP contribution in [0, 0.1) is 11.7 Å².